The monoisotopic (exact) mass is 158 g/mol. The van der Waals surface area contributed by atoms with Crippen LogP contribution in [0.25, 0.3) is 0 Å². The fraction of sp³-hybridized carbons (Fsp3) is 0.429. The van der Waals surface area contributed by atoms with Gasteiger partial charge in [0.2, 0.25) is 11.0 Å². The molecule has 0 unspecified atom stereocenters. The molecule has 0 heterocycles. The zero-order chi connectivity index (χ0) is 7.98. The molecule has 0 saturated heterocycles. The van der Waals surface area contributed by atoms with Crippen LogP contribution >= 0.6 is 11.6 Å². The Morgan fingerprint density at radius 1 is 1.40 bits per heavy atom. The smallest absolute Gasteiger partial charge is 0.221 e. The number of terminal acetylenes is 1. The fourth-order valence-corrected chi connectivity index (χ4v) is 0.594. The van der Waals surface area contributed by atoms with Crippen LogP contribution < -0.4 is 0 Å². The highest BCUT2D eigenvalue weighted by molar-refractivity contribution is 6.63. The van der Waals surface area contributed by atoms with Crippen molar-refractivity contribution in [1.82, 2.24) is 0 Å². The van der Waals surface area contributed by atoms with Crippen LogP contribution in [0.1, 0.15) is 19.3 Å². The molecule has 0 spiro atoms. The Bertz CT molecular complexity index is 179. The fourth-order valence-electron chi connectivity index (χ4n) is 0.460. The van der Waals surface area contributed by atoms with Crippen molar-refractivity contribution in [1.29, 1.82) is 0 Å². The first-order chi connectivity index (χ1) is 4.66. The number of carbonyl (C=O) groups is 2. The van der Waals surface area contributed by atoms with Crippen LogP contribution in [-0.4, -0.2) is 11.0 Å². The number of hydrogen-bond acceptors (Lipinski definition) is 2. The molecule has 2 nitrogen and oxygen atoms in total. The van der Waals surface area contributed by atoms with Gasteiger partial charge in [-0.25, -0.2) is 0 Å². The Morgan fingerprint density at radius 2 is 2.00 bits per heavy atom. The lowest BCUT2D eigenvalue weighted by Crippen LogP contribution is -1.94. The first-order valence-electron chi connectivity index (χ1n) is 2.84. The maximum absolute atomic E-state index is 10.4. The van der Waals surface area contributed by atoms with Crippen molar-refractivity contribution < 1.29 is 9.59 Å². The van der Waals surface area contributed by atoms with E-state index in [0.29, 0.717) is 6.42 Å². The highest BCUT2D eigenvalue weighted by atomic mass is 35.5. The Kier molecular flexibility index (Phi) is 4.61. The number of carbonyl (C=O) groups excluding carboxylic acids is 2. The van der Waals surface area contributed by atoms with Gasteiger partial charge in [-0.15, -0.1) is 6.42 Å². The third-order valence-electron chi connectivity index (χ3n) is 0.938. The zero-order valence-corrected chi connectivity index (χ0v) is 6.15. The summed E-state index contributed by atoms with van der Waals surface area (Å²) in [6.45, 7) is 0. The van der Waals surface area contributed by atoms with E-state index in [2.05, 4.69) is 0 Å². The van der Waals surface area contributed by atoms with Gasteiger partial charge in [-0.1, -0.05) is 0 Å². The molecule has 0 amide bonds. The largest absolute Gasteiger partial charge is 0.285 e. The molecule has 3 heteroatoms. The van der Waals surface area contributed by atoms with E-state index in [-0.39, 0.29) is 18.6 Å². The summed E-state index contributed by atoms with van der Waals surface area (Å²) in [5, 5.41) is -0.426. The van der Waals surface area contributed by atoms with E-state index >= 15 is 0 Å². The minimum absolute atomic E-state index is 0.217. The normalized spacial score (nSPS) is 8.40. The highest BCUT2D eigenvalue weighted by Crippen LogP contribution is 1.98. The topological polar surface area (TPSA) is 34.1 Å². The molecule has 0 aromatic heterocycles. The van der Waals surface area contributed by atoms with E-state index < -0.39 is 5.24 Å². The molecule has 0 atom stereocenters. The van der Waals surface area contributed by atoms with Gasteiger partial charge < -0.3 is 0 Å². The van der Waals surface area contributed by atoms with E-state index in [1.165, 1.54) is 0 Å². The molecule has 0 saturated carbocycles. The standard InChI is InChI=1S/C7H7ClO2/c1-2-6(9)4-3-5-7(8)10/h1H,3-5H2. The van der Waals surface area contributed by atoms with Gasteiger partial charge in [0.05, 0.1) is 0 Å². The maximum Gasteiger partial charge on any atom is 0.221 e. The molecule has 0 aliphatic rings. The molecule has 0 rings (SSSR count). The van der Waals surface area contributed by atoms with Gasteiger partial charge in [-0.3, -0.25) is 9.59 Å². The Hall–Kier alpha value is -0.810. The van der Waals surface area contributed by atoms with E-state index in [1.807, 2.05) is 5.92 Å². The summed E-state index contributed by atoms with van der Waals surface area (Å²) in [4.78, 5) is 20.5. The Morgan fingerprint density at radius 3 is 2.40 bits per heavy atom. The van der Waals surface area contributed by atoms with Crippen LogP contribution in [0.3, 0.4) is 0 Å². The second kappa shape index (κ2) is 5.01. The van der Waals surface area contributed by atoms with Gasteiger partial charge in [-0.05, 0) is 23.9 Å². The van der Waals surface area contributed by atoms with Crippen molar-refractivity contribution in [3.63, 3.8) is 0 Å². The summed E-state index contributed by atoms with van der Waals surface area (Å²) in [6, 6.07) is 0. The molecule has 0 aromatic carbocycles. The first kappa shape index (κ1) is 9.19. The van der Waals surface area contributed by atoms with Crippen LogP contribution in [0.5, 0.6) is 0 Å². The summed E-state index contributed by atoms with van der Waals surface area (Å²) in [7, 11) is 0. The van der Waals surface area contributed by atoms with Gasteiger partial charge in [0, 0.05) is 12.8 Å². The van der Waals surface area contributed by atoms with E-state index in [1.54, 1.807) is 0 Å². The van der Waals surface area contributed by atoms with E-state index in [4.69, 9.17) is 18.0 Å². The predicted molar refractivity (Wildman–Crippen MR) is 38.6 cm³/mol. The number of rotatable bonds is 4. The second-order valence-corrected chi connectivity index (χ2v) is 2.20. The summed E-state index contributed by atoms with van der Waals surface area (Å²) in [5.41, 5.74) is 0. The average molecular weight is 159 g/mol. The van der Waals surface area contributed by atoms with Gasteiger partial charge in [0.1, 0.15) is 0 Å². The van der Waals surface area contributed by atoms with E-state index in [0.717, 1.165) is 0 Å². The van der Waals surface area contributed by atoms with Crippen LogP contribution in [0.2, 0.25) is 0 Å². The van der Waals surface area contributed by atoms with Gasteiger partial charge >= 0.3 is 0 Å². The van der Waals surface area contributed by atoms with Gasteiger partial charge in [0.25, 0.3) is 0 Å². The lowest BCUT2D eigenvalue weighted by molar-refractivity contribution is -0.114. The quantitative estimate of drug-likeness (QED) is 0.349. The SMILES string of the molecule is C#CC(=O)CCCC(=O)Cl. The Labute approximate surface area is 64.6 Å². The third-order valence-corrected chi connectivity index (χ3v) is 1.13. The number of Topliss-reactive ketones (excluding diaryl/α,β-unsaturated/α-hetero) is 1. The minimum Gasteiger partial charge on any atom is -0.285 e. The van der Waals surface area contributed by atoms with Crippen molar-refractivity contribution in [2.24, 2.45) is 0 Å². The van der Waals surface area contributed by atoms with Crippen LogP contribution in [0.15, 0.2) is 0 Å². The van der Waals surface area contributed by atoms with E-state index in [9.17, 15) is 9.59 Å². The molecule has 54 valence electrons. The molecular formula is C7H7ClO2. The second-order valence-electron chi connectivity index (χ2n) is 1.78. The van der Waals surface area contributed by atoms with Crippen molar-refractivity contribution in [3.05, 3.63) is 0 Å². The van der Waals surface area contributed by atoms with Crippen molar-refractivity contribution >= 4 is 22.6 Å². The lowest BCUT2D eigenvalue weighted by atomic mass is 10.2. The van der Waals surface area contributed by atoms with Crippen molar-refractivity contribution in [3.8, 4) is 12.3 Å². The summed E-state index contributed by atoms with van der Waals surface area (Å²) in [5.74, 6) is 1.67. The van der Waals surface area contributed by atoms with Crippen LogP contribution in [-0.2, 0) is 9.59 Å². The molecule has 0 N–H and O–H groups in total. The molecule has 0 bridgehead atoms. The Balaban J connectivity index is 3.31. The predicted octanol–water partition coefficient (Wildman–Crippen LogP) is 1.12. The third kappa shape index (κ3) is 5.33. The number of halogens is 1. The molecule has 0 fully saturated rings. The number of hydrogen-bond donors (Lipinski definition) is 0. The van der Waals surface area contributed by atoms with Crippen molar-refractivity contribution in [2.45, 2.75) is 19.3 Å². The molecule has 0 aliphatic carbocycles. The van der Waals surface area contributed by atoms with Crippen LogP contribution in [0, 0.1) is 12.3 Å². The van der Waals surface area contributed by atoms with Gasteiger partial charge in [0.15, 0.2) is 0 Å². The maximum atomic E-state index is 10.4. The summed E-state index contributed by atoms with van der Waals surface area (Å²) in [6.07, 6.45) is 5.68. The van der Waals surface area contributed by atoms with Gasteiger partial charge in [-0.2, -0.15) is 0 Å². The average Bonchev–Trinajstić information content (AvgIpc) is 1.87. The van der Waals surface area contributed by atoms with Crippen molar-refractivity contribution in [2.75, 3.05) is 0 Å². The summed E-state index contributed by atoms with van der Waals surface area (Å²) < 4.78 is 0. The molecule has 0 aliphatic heterocycles. The lowest BCUT2D eigenvalue weighted by Gasteiger charge is -1.88. The molecule has 0 radical (unpaired) electrons. The first-order valence-corrected chi connectivity index (χ1v) is 3.22. The molecule has 0 aromatic rings. The summed E-state index contributed by atoms with van der Waals surface area (Å²) >= 11 is 5.00. The highest BCUT2D eigenvalue weighted by Gasteiger charge is 1.99. The zero-order valence-electron chi connectivity index (χ0n) is 5.39. The number of ketones is 1. The molecular weight excluding hydrogens is 152 g/mol. The minimum atomic E-state index is -0.426. The molecule has 10 heavy (non-hydrogen) atoms. The van der Waals surface area contributed by atoms with Crippen LogP contribution in [0.4, 0.5) is 0 Å².